The second-order valence-corrected chi connectivity index (χ2v) is 4.94. The lowest BCUT2D eigenvalue weighted by molar-refractivity contribution is 0.306. The summed E-state index contributed by atoms with van der Waals surface area (Å²) in [6, 6.07) is 13.2. The van der Waals surface area contributed by atoms with Gasteiger partial charge in [-0.05, 0) is 29.8 Å². The third kappa shape index (κ3) is 2.50. The van der Waals surface area contributed by atoms with Gasteiger partial charge in [-0.2, -0.15) is 0 Å². The largest absolute Gasteiger partial charge is 0.489 e. The predicted octanol–water partition coefficient (Wildman–Crippen LogP) is 4.12. The summed E-state index contributed by atoms with van der Waals surface area (Å²) in [6.07, 6.45) is 1.72. The normalized spacial score (nSPS) is 10.9. The van der Waals surface area contributed by atoms with E-state index >= 15 is 0 Å². The highest BCUT2D eigenvalue weighted by molar-refractivity contribution is 6.30. The summed E-state index contributed by atoms with van der Waals surface area (Å²) in [4.78, 5) is 0. The smallest absolute Gasteiger partial charge is 0.134 e. The van der Waals surface area contributed by atoms with E-state index in [1.54, 1.807) is 12.3 Å². The quantitative estimate of drug-likeness (QED) is 0.785. The number of furan rings is 1. The fourth-order valence-corrected chi connectivity index (χ4v) is 2.41. The Morgan fingerprint density at radius 2 is 1.95 bits per heavy atom. The van der Waals surface area contributed by atoms with Gasteiger partial charge in [-0.1, -0.05) is 29.8 Å². The van der Waals surface area contributed by atoms with Gasteiger partial charge in [0.05, 0.1) is 6.26 Å². The Morgan fingerprint density at radius 3 is 2.75 bits per heavy atom. The topological polar surface area (TPSA) is 48.4 Å². The average molecular weight is 288 g/mol. The van der Waals surface area contributed by atoms with Crippen LogP contribution in [0.4, 0.5) is 0 Å². The Labute approximate surface area is 121 Å². The van der Waals surface area contributed by atoms with Crippen molar-refractivity contribution in [3.8, 4) is 5.75 Å². The molecule has 102 valence electrons. The van der Waals surface area contributed by atoms with Crippen LogP contribution in [-0.2, 0) is 13.2 Å². The Balaban J connectivity index is 1.88. The number of halogens is 1. The highest BCUT2D eigenvalue weighted by atomic mass is 35.5. The molecular formula is C16H14ClNO2. The van der Waals surface area contributed by atoms with Crippen molar-refractivity contribution in [2.24, 2.45) is 5.73 Å². The average Bonchev–Trinajstić information content (AvgIpc) is 2.88. The van der Waals surface area contributed by atoms with Crippen LogP contribution in [0.2, 0.25) is 5.02 Å². The van der Waals surface area contributed by atoms with Crippen molar-refractivity contribution < 1.29 is 9.15 Å². The van der Waals surface area contributed by atoms with Crippen molar-refractivity contribution in [2.75, 3.05) is 0 Å². The zero-order valence-electron chi connectivity index (χ0n) is 10.8. The van der Waals surface area contributed by atoms with Crippen LogP contribution < -0.4 is 10.5 Å². The number of nitrogens with two attached hydrogens (primary N) is 1. The van der Waals surface area contributed by atoms with Gasteiger partial charge in [0.25, 0.3) is 0 Å². The van der Waals surface area contributed by atoms with Gasteiger partial charge < -0.3 is 14.9 Å². The molecule has 0 atom stereocenters. The number of hydrogen-bond donors (Lipinski definition) is 1. The van der Waals surface area contributed by atoms with E-state index in [0.717, 1.165) is 27.8 Å². The monoisotopic (exact) mass is 287 g/mol. The van der Waals surface area contributed by atoms with Crippen LogP contribution >= 0.6 is 11.6 Å². The number of ether oxygens (including phenoxy) is 1. The molecule has 3 rings (SSSR count). The van der Waals surface area contributed by atoms with Crippen LogP contribution in [0.15, 0.2) is 53.1 Å². The van der Waals surface area contributed by atoms with Crippen molar-refractivity contribution in [3.05, 3.63) is 64.9 Å². The van der Waals surface area contributed by atoms with Gasteiger partial charge in [0.1, 0.15) is 17.9 Å². The highest BCUT2D eigenvalue weighted by Gasteiger charge is 2.10. The third-order valence-corrected chi connectivity index (χ3v) is 3.41. The molecule has 0 amide bonds. The van der Waals surface area contributed by atoms with Crippen LogP contribution in [0.25, 0.3) is 11.0 Å². The molecule has 1 aromatic heterocycles. The zero-order chi connectivity index (χ0) is 13.9. The van der Waals surface area contributed by atoms with E-state index < -0.39 is 0 Å². The lowest BCUT2D eigenvalue weighted by atomic mass is 10.1. The molecule has 0 bridgehead atoms. The van der Waals surface area contributed by atoms with Gasteiger partial charge in [-0.25, -0.2) is 0 Å². The molecule has 0 unspecified atom stereocenters. The Hall–Kier alpha value is -1.97. The molecule has 0 aliphatic rings. The molecular weight excluding hydrogens is 274 g/mol. The minimum Gasteiger partial charge on any atom is -0.489 e. The van der Waals surface area contributed by atoms with E-state index in [-0.39, 0.29) is 0 Å². The summed E-state index contributed by atoms with van der Waals surface area (Å²) in [7, 11) is 0. The number of hydrogen-bond acceptors (Lipinski definition) is 3. The summed E-state index contributed by atoms with van der Waals surface area (Å²) < 4.78 is 11.3. The second kappa shape index (κ2) is 5.57. The van der Waals surface area contributed by atoms with Gasteiger partial charge in [0, 0.05) is 22.5 Å². The molecule has 0 fully saturated rings. The van der Waals surface area contributed by atoms with Gasteiger partial charge >= 0.3 is 0 Å². The minimum absolute atomic E-state index is 0.421. The van der Waals surface area contributed by atoms with E-state index in [1.807, 2.05) is 36.4 Å². The van der Waals surface area contributed by atoms with Crippen LogP contribution in [-0.4, -0.2) is 0 Å². The van der Waals surface area contributed by atoms with E-state index in [9.17, 15) is 0 Å². The van der Waals surface area contributed by atoms with E-state index in [4.69, 9.17) is 26.5 Å². The van der Waals surface area contributed by atoms with Crippen LogP contribution in [0.3, 0.4) is 0 Å². The molecule has 1 heterocycles. The van der Waals surface area contributed by atoms with E-state index in [1.165, 1.54) is 0 Å². The Kier molecular flexibility index (Phi) is 3.63. The minimum atomic E-state index is 0.421. The molecule has 0 aliphatic carbocycles. The zero-order valence-corrected chi connectivity index (χ0v) is 11.6. The molecule has 2 aromatic carbocycles. The van der Waals surface area contributed by atoms with Crippen LogP contribution in [0.1, 0.15) is 11.1 Å². The number of rotatable bonds is 4. The SMILES string of the molecule is NCc1cccc2occ(COc3cccc(Cl)c3)c12. The van der Waals surface area contributed by atoms with Gasteiger partial charge in [0.15, 0.2) is 0 Å². The first kappa shape index (κ1) is 13.0. The Bertz CT molecular complexity index is 736. The first-order valence-corrected chi connectivity index (χ1v) is 6.72. The molecule has 0 radical (unpaired) electrons. The molecule has 0 saturated heterocycles. The summed E-state index contributed by atoms with van der Waals surface area (Å²) in [5.41, 5.74) is 8.65. The van der Waals surface area contributed by atoms with E-state index in [0.29, 0.717) is 18.2 Å². The lowest BCUT2D eigenvalue weighted by Crippen LogP contribution is -1.99. The maximum absolute atomic E-state index is 5.93. The van der Waals surface area contributed by atoms with Crippen LogP contribution in [0.5, 0.6) is 5.75 Å². The molecule has 0 saturated carbocycles. The fourth-order valence-electron chi connectivity index (χ4n) is 2.23. The fraction of sp³-hybridized carbons (Fsp3) is 0.125. The summed E-state index contributed by atoms with van der Waals surface area (Å²) in [5, 5.41) is 1.69. The van der Waals surface area contributed by atoms with Crippen molar-refractivity contribution in [3.63, 3.8) is 0 Å². The molecule has 20 heavy (non-hydrogen) atoms. The lowest BCUT2D eigenvalue weighted by Gasteiger charge is -2.06. The number of fused-ring (bicyclic) bond motifs is 1. The van der Waals surface area contributed by atoms with Crippen molar-refractivity contribution in [1.82, 2.24) is 0 Å². The molecule has 0 spiro atoms. The second-order valence-electron chi connectivity index (χ2n) is 4.50. The summed E-state index contributed by atoms with van der Waals surface area (Å²) in [6.45, 7) is 0.894. The molecule has 0 aliphatic heterocycles. The van der Waals surface area contributed by atoms with Gasteiger partial charge in [0.2, 0.25) is 0 Å². The number of benzene rings is 2. The first-order chi connectivity index (χ1) is 9.78. The summed E-state index contributed by atoms with van der Waals surface area (Å²) >= 11 is 5.93. The maximum atomic E-state index is 5.93. The van der Waals surface area contributed by atoms with Crippen molar-refractivity contribution >= 4 is 22.6 Å². The van der Waals surface area contributed by atoms with Crippen molar-refractivity contribution in [2.45, 2.75) is 13.2 Å². The maximum Gasteiger partial charge on any atom is 0.134 e. The first-order valence-electron chi connectivity index (χ1n) is 6.34. The van der Waals surface area contributed by atoms with Crippen LogP contribution in [0, 0.1) is 0 Å². The Morgan fingerprint density at radius 1 is 1.10 bits per heavy atom. The van der Waals surface area contributed by atoms with Gasteiger partial charge in [-0.15, -0.1) is 0 Å². The van der Waals surface area contributed by atoms with Crippen molar-refractivity contribution in [1.29, 1.82) is 0 Å². The standard InChI is InChI=1S/C16H14ClNO2/c17-13-4-2-5-14(7-13)19-9-12-10-20-15-6-1-3-11(8-18)16(12)15/h1-7,10H,8-9,18H2. The third-order valence-electron chi connectivity index (χ3n) is 3.17. The van der Waals surface area contributed by atoms with Gasteiger partial charge in [-0.3, -0.25) is 0 Å². The summed E-state index contributed by atoms with van der Waals surface area (Å²) in [5.74, 6) is 0.733. The molecule has 3 nitrogen and oxygen atoms in total. The van der Waals surface area contributed by atoms with E-state index in [2.05, 4.69) is 0 Å². The predicted molar refractivity (Wildman–Crippen MR) is 79.9 cm³/mol. The molecule has 3 aromatic rings. The highest BCUT2D eigenvalue weighted by Crippen LogP contribution is 2.26. The molecule has 4 heteroatoms. The molecule has 2 N–H and O–H groups in total.